The van der Waals surface area contributed by atoms with Crippen LogP contribution in [0.4, 0.5) is 4.79 Å². The number of carboxylic acids is 1. The molecule has 6 nitrogen and oxygen atoms in total. The van der Waals surface area contributed by atoms with Gasteiger partial charge in [0.15, 0.2) is 6.04 Å². The van der Waals surface area contributed by atoms with E-state index in [1.165, 1.54) is 0 Å². The standard InChI is InChI=1S/C9H16N2O4S/c12-4-7(8(13)14)11-9(15)10-6-2-1-3-16-5-6/h6-7,12H,1-5H2,(H,13,14)(H2,10,11,15). The highest BCUT2D eigenvalue weighted by Gasteiger charge is 2.21. The lowest BCUT2D eigenvalue weighted by molar-refractivity contribution is -0.140. The van der Waals surface area contributed by atoms with Crippen LogP contribution in [0.1, 0.15) is 12.8 Å². The summed E-state index contributed by atoms with van der Waals surface area (Å²) in [6.45, 7) is -0.609. The summed E-state index contributed by atoms with van der Waals surface area (Å²) in [5.74, 6) is 0.717. The van der Waals surface area contributed by atoms with Gasteiger partial charge in [-0.3, -0.25) is 0 Å². The predicted molar refractivity (Wildman–Crippen MR) is 60.5 cm³/mol. The smallest absolute Gasteiger partial charge is 0.328 e. The first kappa shape index (κ1) is 13.1. The van der Waals surface area contributed by atoms with Gasteiger partial charge in [-0.1, -0.05) is 0 Å². The fraction of sp³-hybridized carbons (Fsp3) is 0.778. The van der Waals surface area contributed by atoms with Gasteiger partial charge in [-0.05, 0) is 18.6 Å². The van der Waals surface area contributed by atoms with Crippen molar-refractivity contribution in [3.63, 3.8) is 0 Å². The highest BCUT2D eigenvalue weighted by Crippen LogP contribution is 2.16. The van der Waals surface area contributed by atoms with E-state index in [1.54, 1.807) is 11.8 Å². The van der Waals surface area contributed by atoms with E-state index in [2.05, 4.69) is 10.6 Å². The number of hydrogen-bond donors (Lipinski definition) is 4. The van der Waals surface area contributed by atoms with Gasteiger partial charge in [-0.25, -0.2) is 9.59 Å². The molecule has 0 radical (unpaired) electrons. The fourth-order valence-electron chi connectivity index (χ4n) is 1.43. The zero-order valence-corrected chi connectivity index (χ0v) is 9.63. The molecule has 92 valence electrons. The first-order chi connectivity index (χ1) is 7.63. The largest absolute Gasteiger partial charge is 0.480 e. The van der Waals surface area contributed by atoms with Gasteiger partial charge < -0.3 is 20.8 Å². The minimum absolute atomic E-state index is 0.0897. The highest BCUT2D eigenvalue weighted by molar-refractivity contribution is 7.99. The molecule has 1 fully saturated rings. The van der Waals surface area contributed by atoms with E-state index in [0.717, 1.165) is 24.3 Å². The van der Waals surface area contributed by atoms with Crippen molar-refractivity contribution in [2.75, 3.05) is 18.1 Å². The van der Waals surface area contributed by atoms with Crippen LogP contribution in [0.15, 0.2) is 0 Å². The summed E-state index contributed by atoms with van der Waals surface area (Å²) in [5.41, 5.74) is 0. The minimum atomic E-state index is -1.24. The number of carbonyl (C=O) groups is 2. The molecule has 0 aromatic rings. The third kappa shape index (κ3) is 4.28. The molecular weight excluding hydrogens is 232 g/mol. The van der Waals surface area contributed by atoms with Crippen LogP contribution in [0.3, 0.4) is 0 Å². The molecule has 16 heavy (non-hydrogen) atoms. The molecule has 0 aliphatic carbocycles. The molecule has 4 N–H and O–H groups in total. The van der Waals surface area contributed by atoms with Crippen molar-refractivity contribution in [1.29, 1.82) is 0 Å². The number of carbonyl (C=O) groups excluding carboxylic acids is 1. The van der Waals surface area contributed by atoms with Crippen LogP contribution in [-0.2, 0) is 4.79 Å². The number of nitrogens with one attached hydrogen (secondary N) is 2. The van der Waals surface area contributed by atoms with Crippen molar-refractivity contribution in [3.05, 3.63) is 0 Å². The molecule has 0 aromatic carbocycles. The molecule has 2 unspecified atom stereocenters. The van der Waals surface area contributed by atoms with Gasteiger partial charge in [0.1, 0.15) is 0 Å². The topological polar surface area (TPSA) is 98.7 Å². The SMILES string of the molecule is O=C(NC1CCCSC1)NC(CO)C(=O)O. The Morgan fingerprint density at radius 1 is 1.50 bits per heavy atom. The number of aliphatic carboxylic acids is 1. The molecule has 7 heteroatoms. The molecule has 1 heterocycles. The van der Waals surface area contributed by atoms with Crippen LogP contribution in [-0.4, -0.2) is 52.4 Å². The summed E-state index contributed by atoms with van der Waals surface area (Å²) >= 11 is 1.77. The molecule has 0 saturated carbocycles. The molecule has 1 rings (SSSR count). The van der Waals surface area contributed by atoms with E-state index in [0.29, 0.717) is 0 Å². The van der Waals surface area contributed by atoms with E-state index < -0.39 is 24.6 Å². The molecule has 0 bridgehead atoms. The second-order valence-corrected chi connectivity index (χ2v) is 4.76. The summed E-state index contributed by atoms with van der Waals surface area (Å²) in [7, 11) is 0. The third-order valence-corrected chi connectivity index (χ3v) is 3.50. The van der Waals surface area contributed by atoms with Gasteiger partial charge in [0.25, 0.3) is 0 Å². The van der Waals surface area contributed by atoms with Crippen LogP contribution in [0.5, 0.6) is 0 Å². The Bertz CT molecular complexity index is 256. The minimum Gasteiger partial charge on any atom is -0.480 e. The van der Waals surface area contributed by atoms with Gasteiger partial charge in [0.05, 0.1) is 6.61 Å². The Balaban J connectivity index is 2.31. The maximum Gasteiger partial charge on any atom is 0.328 e. The van der Waals surface area contributed by atoms with Crippen LogP contribution >= 0.6 is 11.8 Å². The Hall–Kier alpha value is -0.950. The first-order valence-electron chi connectivity index (χ1n) is 5.12. The predicted octanol–water partition coefficient (Wildman–Crippen LogP) is -0.373. The Kier molecular flexibility index (Phi) is 5.41. The highest BCUT2D eigenvalue weighted by atomic mass is 32.2. The van der Waals surface area contributed by atoms with Crippen molar-refractivity contribution >= 4 is 23.8 Å². The van der Waals surface area contributed by atoms with Crippen molar-refractivity contribution in [2.24, 2.45) is 0 Å². The maximum atomic E-state index is 11.4. The number of urea groups is 1. The summed E-state index contributed by atoms with van der Waals surface area (Å²) in [5, 5.41) is 22.2. The summed E-state index contributed by atoms with van der Waals surface area (Å²) < 4.78 is 0. The number of amides is 2. The molecule has 0 spiro atoms. The number of rotatable bonds is 4. The normalized spacial score (nSPS) is 22.2. The van der Waals surface area contributed by atoms with E-state index >= 15 is 0 Å². The zero-order chi connectivity index (χ0) is 12.0. The van der Waals surface area contributed by atoms with Crippen LogP contribution in [0, 0.1) is 0 Å². The molecule has 1 saturated heterocycles. The molecule has 2 atom stereocenters. The monoisotopic (exact) mass is 248 g/mol. The van der Waals surface area contributed by atoms with Crippen LogP contribution in [0.2, 0.25) is 0 Å². The lowest BCUT2D eigenvalue weighted by atomic mass is 10.2. The second-order valence-electron chi connectivity index (χ2n) is 3.61. The Morgan fingerprint density at radius 3 is 2.75 bits per heavy atom. The number of aliphatic hydroxyl groups excluding tert-OH is 1. The fourth-order valence-corrected chi connectivity index (χ4v) is 2.50. The third-order valence-electron chi connectivity index (χ3n) is 2.28. The van der Waals surface area contributed by atoms with Gasteiger partial charge in [-0.15, -0.1) is 0 Å². The molecule has 2 amide bonds. The Morgan fingerprint density at radius 2 is 2.25 bits per heavy atom. The summed E-state index contributed by atoms with van der Waals surface area (Å²) in [6.07, 6.45) is 1.97. The number of thioether (sulfide) groups is 1. The van der Waals surface area contributed by atoms with Gasteiger partial charge in [0.2, 0.25) is 0 Å². The number of aliphatic hydroxyl groups is 1. The van der Waals surface area contributed by atoms with Crippen molar-refractivity contribution in [1.82, 2.24) is 10.6 Å². The van der Waals surface area contributed by atoms with E-state index in [-0.39, 0.29) is 6.04 Å². The quantitative estimate of drug-likeness (QED) is 0.544. The first-order valence-corrected chi connectivity index (χ1v) is 6.27. The van der Waals surface area contributed by atoms with Gasteiger partial charge in [0, 0.05) is 11.8 Å². The molecule has 1 aliphatic rings. The van der Waals surface area contributed by atoms with Crippen molar-refractivity contribution in [3.8, 4) is 0 Å². The van der Waals surface area contributed by atoms with Gasteiger partial charge in [-0.2, -0.15) is 11.8 Å². The van der Waals surface area contributed by atoms with Crippen molar-refractivity contribution in [2.45, 2.75) is 24.9 Å². The van der Waals surface area contributed by atoms with E-state index in [9.17, 15) is 9.59 Å². The maximum absolute atomic E-state index is 11.4. The molecule has 1 aliphatic heterocycles. The zero-order valence-electron chi connectivity index (χ0n) is 8.81. The van der Waals surface area contributed by atoms with Crippen LogP contribution < -0.4 is 10.6 Å². The number of hydrogen-bond acceptors (Lipinski definition) is 4. The second kappa shape index (κ2) is 6.59. The number of carboxylic acid groups (broad SMARTS) is 1. The summed E-state index contributed by atoms with van der Waals surface area (Å²) in [6, 6.07) is -1.68. The van der Waals surface area contributed by atoms with Crippen molar-refractivity contribution < 1.29 is 19.8 Å². The lowest BCUT2D eigenvalue weighted by Gasteiger charge is -2.23. The average molecular weight is 248 g/mol. The van der Waals surface area contributed by atoms with E-state index in [1.807, 2.05) is 0 Å². The van der Waals surface area contributed by atoms with Crippen LogP contribution in [0.25, 0.3) is 0 Å². The molecule has 0 aromatic heterocycles. The van der Waals surface area contributed by atoms with Gasteiger partial charge >= 0.3 is 12.0 Å². The molecular formula is C9H16N2O4S. The van der Waals surface area contributed by atoms with E-state index in [4.69, 9.17) is 10.2 Å². The average Bonchev–Trinajstić information content (AvgIpc) is 2.27. The summed E-state index contributed by atoms with van der Waals surface area (Å²) in [4.78, 5) is 21.9. The Labute approximate surface area is 97.8 Å². The lowest BCUT2D eigenvalue weighted by Crippen LogP contribution is -2.51.